The summed E-state index contributed by atoms with van der Waals surface area (Å²) >= 11 is 6.31. The van der Waals surface area contributed by atoms with E-state index in [0.717, 1.165) is 6.42 Å². The molecule has 7 heteroatoms. The Kier molecular flexibility index (Phi) is 7.58. The maximum atomic E-state index is 12.4. The molecule has 148 valence electrons. The first-order chi connectivity index (χ1) is 13.4. The Labute approximate surface area is 168 Å². The second kappa shape index (κ2) is 9.90. The topological polar surface area (TPSA) is 78.7 Å². The summed E-state index contributed by atoms with van der Waals surface area (Å²) in [7, 11) is 0. The zero-order valence-corrected chi connectivity index (χ0v) is 16.8. The summed E-state index contributed by atoms with van der Waals surface area (Å²) in [5, 5.41) is 11.4. The van der Waals surface area contributed by atoms with E-state index in [9.17, 15) is 14.9 Å². The number of carbonyl (C=O) groups is 1. The van der Waals surface area contributed by atoms with Crippen LogP contribution in [0.15, 0.2) is 36.4 Å². The predicted molar refractivity (Wildman–Crippen MR) is 110 cm³/mol. The van der Waals surface area contributed by atoms with Crippen molar-refractivity contribution in [1.29, 1.82) is 0 Å². The number of ketones is 1. The van der Waals surface area contributed by atoms with E-state index < -0.39 is 4.92 Å². The molecule has 2 aromatic carbocycles. The van der Waals surface area contributed by atoms with Crippen molar-refractivity contribution in [3.8, 4) is 11.5 Å². The van der Waals surface area contributed by atoms with Crippen molar-refractivity contribution in [2.24, 2.45) is 0 Å². The van der Waals surface area contributed by atoms with Crippen molar-refractivity contribution in [1.82, 2.24) is 0 Å². The third-order valence-corrected chi connectivity index (χ3v) is 4.18. The van der Waals surface area contributed by atoms with E-state index in [2.05, 4.69) is 0 Å². The second-order valence-corrected chi connectivity index (χ2v) is 6.47. The van der Waals surface area contributed by atoms with Crippen molar-refractivity contribution in [3.05, 3.63) is 68.2 Å². The number of halogens is 1. The fourth-order valence-electron chi connectivity index (χ4n) is 2.52. The molecular formula is C21H22ClNO5. The number of allylic oxidation sites excluding steroid dienone is 1. The minimum absolute atomic E-state index is 0.0849. The van der Waals surface area contributed by atoms with E-state index in [4.69, 9.17) is 21.1 Å². The van der Waals surface area contributed by atoms with Crippen LogP contribution in [0.4, 0.5) is 5.69 Å². The Morgan fingerprint density at radius 2 is 1.96 bits per heavy atom. The SMILES string of the molecule is CCCOc1c(Cl)cc(/C=C/C(=O)c2ccc(C)c([N+](=O)[O-])c2)cc1OCC. The number of hydrogen-bond acceptors (Lipinski definition) is 5. The van der Waals surface area contributed by atoms with Gasteiger partial charge < -0.3 is 9.47 Å². The summed E-state index contributed by atoms with van der Waals surface area (Å²) in [6, 6.07) is 7.82. The number of nitro benzene ring substituents is 1. The van der Waals surface area contributed by atoms with E-state index in [1.165, 1.54) is 12.1 Å². The molecule has 0 aliphatic carbocycles. The van der Waals surface area contributed by atoms with Crippen LogP contribution in [0, 0.1) is 17.0 Å². The Balaban J connectivity index is 2.29. The molecule has 0 amide bonds. The highest BCUT2D eigenvalue weighted by Crippen LogP contribution is 2.37. The molecule has 0 atom stereocenters. The maximum absolute atomic E-state index is 12.4. The lowest BCUT2D eigenvalue weighted by Crippen LogP contribution is -2.01. The molecule has 2 rings (SSSR count). The minimum Gasteiger partial charge on any atom is -0.490 e. The molecule has 0 aromatic heterocycles. The van der Waals surface area contributed by atoms with Gasteiger partial charge in [-0.15, -0.1) is 0 Å². The average molecular weight is 404 g/mol. The summed E-state index contributed by atoms with van der Waals surface area (Å²) < 4.78 is 11.3. The van der Waals surface area contributed by atoms with Gasteiger partial charge in [-0.25, -0.2) is 0 Å². The molecule has 0 radical (unpaired) electrons. The van der Waals surface area contributed by atoms with Crippen LogP contribution in [-0.2, 0) is 0 Å². The molecule has 28 heavy (non-hydrogen) atoms. The smallest absolute Gasteiger partial charge is 0.273 e. The normalized spacial score (nSPS) is 10.9. The Bertz CT molecular complexity index is 908. The quantitative estimate of drug-likeness (QED) is 0.234. The van der Waals surface area contributed by atoms with Crippen molar-refractivity contribution >= 4 is 29.1 Å². The van der Waals surface area contributed by atoms with Crippen LogP contribution in [0.25, 0.3) is 6.08 Å². The van der Waals surface area contributed by atoms with Crippen LogP contribution in [0.5, 0.6) is 11.5 Å². The zero-order chi connectivity index (χ0) is 20.7. The number of nitrogens with zero attached hydrogens (tertiary/aromatic N) is 1. The lowest BCUT2D eigenvalue weighted by atomic mass is 10.1. The number of ether oxygens (including phenoxy) is 2. The van der Waals surface area contributed by atoms with Gasteiger partial charge in [0.1, 0.15) is 0 Å². The molecule has 0 unspecified atom stereocenters. The van der Waals surface area contributed by atoms with Gasteiger partial charge in [0.15, 0.2) is 17.3 Å². The van der Waals surface area contributed by atoms with Gasteiger partial charge in [0, 0.05) is 17.2 Å². The third kappa shape index (κ3) is 5.33. The van der Waals surface area contributed by atoms with Crippen LogP contribution in [0.2, 0.25) is 5.02 Å². The Hall–Kier alpha value is -2.86. The monoisotopic (exact) mass is 403 g/mol. The van der Waals surface area contributed by atoms with E-state index in [1.807, 2.05) is 13.8 Å². The van der Waals surface area contributed by atoms with Gasteiger partial charge in [-0.3, -0.25) is 14.9 Å². The van der Waals surface area contributed by atoms with Gasteiger partial charge in [0.25, 0.3) is 5.69 Å². The lowest BCUT2D eigenvalue weighted by molar-refractivity contribution is -0.385. The third-order valence-electron chi connectivity index (χ3n) is 3.90. The van der Waals surface area contributed by atoms with E-state index in [1.54, 1.807) is 37.3 Å². The summed E-state index contributed by atoms with van der Waals surface area (Å²) in [4.78, 5) is 23.0. The minimum atomic E-state index is -0.501. The van der Waals surface area contributed by atoms with Crippen molar-refractivity contribution in [2.75, 3.05) is 13.2 Å². The second-order valence-electron chi connectivity index (χ2n) is 6.07. The highest BCUT2D eigenvalue weighted by molar-refractivity contribution is 6.32. The van der Waals surface area contributed by atoms with Crippen LogP contribution >= 0.6 is 11.6 Å². The van der Waals surface area contributed by atoms with Gasteiger partial charge in [-0.05, 0) is 44.0 Å². The molecular weight excluding hydrogens is 382 g/mol. The van der Waals surface area contributed by atoms with E-state index in [-0.39, 0.29) is 17.0 Å². The molecule has 0 aliphatic heterocycles. The van der Waals surface area contributed by atoms with Crippen LogP contribution in [-0.4, -0.2) is 23.9 Å². The summed E-state index contributed by atoms with van der Waals surface area (Å²) in [6.45, 7) is 6.43. The number of benzene rings is 2. The lowest BCUT2D eigenvalue weighted by Gasteiger charge is -2.14. The molecule has 0 bridgehead atoms. The van der Waals surface area contributed by atoms with Gasteiger partial charge in [0.2, 0.25) is 0 Å². The first-order valence-corrected chi connectivity index (χ1v) is 9.31. The highest BCUT2D eigenvalue weighted by Gasteiger charge is 2.14. The predicted octanol–water partition coefficient (Wildman–Crippen LogP) is 5.64. The van der Waals surface area contributed by atoms with Crippen molar-refractivity contribution in [2.45, 2.75) is 27.2 Å². The van der Waals surface area contributed by atoms with Crippen molar-refractivity contribution < 1.29 is 19.2 Å². The number of hydrogen-bond donors (Lipinski definition) is 0. The molecule has 0 spiro atoms. The van der Waals surface area contributed by atoms with E-state index in [0.29, 0.717) is 40.9 Å². The molecule has 0 N–H and O–H groups in total. The fourth-order valence-corrected chi connectivity index (χ4v) is 2.79. The first kappa shape index (κ1) is 21.4. The summed E-state index contributed by atoms with van der Waals surface area (Å²) in [5.74, 6) is 0.632. The fraction of sp³-hybridized carbons (Fsp3) is 0.286. The molecule has 0 saturated carbocycles. The molecule has 0 saturated heterocycles. The number of rotatable bonds is 9. The van der Waals surface area contributed by atoms with Crippen molar-refractivity contribution in [3.63, 3.8) is 0 Å². The summed E-state index contributed by atoms with van der Waals surface area (Å²) in [5.41, 5.74) is 1.32. The summed E-state index contributed by atoms with van der Waals surface area (Å²) in [6.07, 6.45) is 3.77. The molecule has 0 aliphatic rings. The molecule has 6 nitrogen and oxygen atoms in total. The Morgan fingerprint density at radius 1 is 1.21 bits per heavy atom. The zero-order valence-electron chi connectivity index (χ0n) is 16.0. The largest absolute Gasteiger partial charge is 0.490 e. The molecule has 0 heterocycles. The number of carbonyl (C=O) groups excluding carboxylic acids is 1. The van der Waals surface area contributed by atoms with Gasteiger partial charge >= 0.3 is 0 Å². The van der Waals surface area contributed by atoms with Crippen LogP contribution in [0.1, 0.15) is 41.8 Å². The Morgan fingerprint density at radius 3 is 2.61 bits per heavy atom. The van der Waals surface area contributed by atoms with Crippen LogP contribution in [0.3, 0.4) is 0 Å². The first-order valence-electron chi connectivity index (χ1n) is 8.94. The molecule has 2 aromatic rings. The van der Waals surface area contributed by atoms with Gasteiger partial charge in [0.05, 0.1) is 23.2 Å². The number of aryl methyl sites for hydroxylation is 1. The maximum Gasteiger partial charge on any atom is 0.273 e. The average Bonchev–Trinajstić information content (AvgIpc) is 2.66. The molecule has 0 fully saturated rings. The van der Waals surface area contributed by atoms with Gasteiger partial charge in [-0.2, -0.15) is 0 Å². The standard InChI is InChI=1S/C21H22ClNO5/c1-4-10-28-21-17(22)11-15(12-20(21)27-5-2)7-9-19(24)16-8-6-14(3)18(13-16)23(25)26/h6-9,11-13H,4-5,10H2,1-3H3/b9-7+. The highest BCUT2D eigenvalue weighted by atomic mass is 35.5. The van der Waals surface area contributed by atoms with Crippen LogP contribution < -0.4 is 9.47 Å². The van der Waals surface area contributed by atoms with E-state index >= 15 is 0 Å². The number of nitro groups is 1. The van der Waals surface area contributed by atoms with Gasteiger partial charge in [-0.1, -0.05) is 36.7 Å².